The Morgan fingerprint density at radius 2 is 1.46 bits per heavy atom. The maximum Gasteiger partial charge on any atom is 0.253 e. The quantitative estimate of drug-likeness (QED) is 0.452. The van der Waals surface area contributed by atoms with Crippen molar-refractivity contribution in [3.05, 3.63) is 95.1 Å². The van der Waals surface area contributed by atoms with E-state index in [0.717, 1.165) is 22.4 Å². The third kappa shape index (κ3) is 6.65. The van der Waals surface area contributed by atoms with E-state index in [9.17, 15) is 19.2 Å². The van der Waals surface area contributed by atoms with Crippen LogP contribution in [0.3, 0.4) is 0 Å². The molecule has 0 saturated carbocycles. The van der Waals surface area contributed by atoms with Crippen LogP contribution in [0.1, 0.15) is 46.3 Å². The van der Waals surface area contributed by atoms with Crippen LogP contribution in [-0.4, -0.2) is 48.2 Å². The van der Waals surface area contributed by atoms with Crippen LogP contribution < -0.4 is 15.5 Å². The molecule has 0 radical (unpaired) electrons. The smallest absolute Gasteiger partial charge is 0.253 e. The summed E-state index contributed by atoms with van der Waals surface area (Å²) in [6, 6.07) is 22.7. The Balaban J connectivity index is 1.13. The van der Waals surface area contributed by atoms with Crippen LogP contribution in [0, 0.1) is 25.7 Å². The molecule has 2 heterocycles. The van der Waals surface area contributed by atoms with Gasteiger partial charge in [0.15, 0.2) is 0 Å². The van der Waals surface area contributed by atoms with E-state index in [1.165, 1.54) is 0 Å². The van der Waals surface area contributed by atoms with E-state index in [1.54, 1.807) is 34.1 Å². The number of aryl methyl sites for hydroxylation is 2. The van der Waals surface area contributed by atoms with Gasteiger partial charge in [0.25, 0.3) is 5.91 Å². The zero-order valence-electron chi connectivity index (χ0n) is 23.6. The lowest BCUT2D eigenvalue weighted by Crippen LogP contribution is -2.44. The van der Waals surface area contributed by atoms with E-state index in [-0.39, 0.29) is 41.9 Å². The molecule has 2 saturated heterocycles. The van der Waals surface area contributed by atoms with Crippen LogP contribution in [0.5, 0.6) is 0 Å². The average Bonchev–Trinajstić information content (AvgIpc) is 3.38. The van der Waals surface area contributed by atoms with Gasteiger partial charge in [-0.15, -0.1) is 0 Å². The van der Waals surface area contributed by atoms with Crippen molar-refractivity contribution in [2.45, 2.75) is 39.7 Å². The molecule has 212 valence electrons. The lowest BCUT2D eigenvalue weighted by atomic mass is 9.94. The third-order valence-electron chi connectivity index (χ3n) is 8.00. The van der Waals surface area contributed by atoms with Crippen LogP contribution in [0.2, 0.25) is 0 Å². The molecule has 3 aromatic rings. The minimum Gasteiger partial charge on any atom is -0.348 e. The SMILES string of the molecule is Cc1ccc(CNC(=O)c2ccccc2NC(=O)C2CCN(C(=O)C3CC(=O)N(c4ccc(C)cc4)C3)CC2)cc1. The zero-order chi connectivity index (χ0) is 28.9. The van der Waals surface area contributed by atoms with Gasteiger partial charge in [0.2, 0.25) is 17.7 Å². The lowest BCUT2D eigenvalue weighted by molar-refractivity contribution is -0.138. The van der Waals surface area contributed by atoms with Crippen molar-refractivity contribution in [1.82, 2.24) is 10.2 Å². The molecular weight excluding hydrogens is 516 g/mol. The number of benzene rings is 3. The Kier molecular flexibility index (Phi) is 8.47. The molecule has 0 spiro atoms. The second kappa shape index (κ2) is 12.4. The summed E-state index contributed by atoms with van der Waals surface area (Å²) in [5.41, 5.74) is 4.96. The number of anilines is 2. The number of carbonyl (C=O) groups excluding carboxylic acids is 4. The Labute approximate surface area is 240 Å². The Morgan fingerprint density at radius 3 is 2.15 bits per heavy atom. The van der Waals surface area contributed by atoms with Crippen molar-refractivity contribution in [1.29, 1.82) is 0 Å². The van der Waals surface area contributed by atoms with E-state index >= 15 is 0 Å². The molecule has 2 aliphatic rings. The summed E-state index contributed by atoms with van der Waals surface area (Å²) in [6.07, 6.45) is 1.26. The van der Waals surface area contributed by atoms with Crippen molar-refractivity contribution in [2.24, 2.45) is 11.8 Å². The summed E-state index contributed by atoms with van der Waals surface area (Å²) in [7, 11) is 0. The van der Waals surface area contributed by atoms with Crippen LogP contribution >= 0.6 is 0 Å². The first-order chi connectivity index (χ1) is 19.8. The van der Waals surface area contributed by atoms with Gasteiger partial charge in [0.05, 0.1) is 17.2 Å². The fraction of sp³-hybridized carbons (Fsp3) is 0.333. The number of amides is 4. The summed E-state index contributed by atoms with van der Waals surface area (Å²) >= 11 is 0. The summed E-state index contributed by atoms with van der Waals surface area (Å²) in [4.78, 5) is 55.4. The third-order valence-corrected chi connectivity index (χ3v) is 8.00. The van der Waals surface area contributed by atoms with Gasteiger partial charge in [-0.05, 0) is 56.5 Å². The number of nitrogens with zero attached hydrogens (tertiary/aromatic N) is 2. The van der Waals surface area contributed by atoms with Gasteiger partial charge < -0.3 is 20.4 Å². The normalized spacial score (nSPS) is 17.4. The maximum atomic E-state index is 13.2. The molecule has 8 heteroatoms. The molecule has 0 bridgehead atoms. The average molecular weight is 553 g/mol. The molecular formula is C33H36N4O4. The highest BCUT2D eigenvalue weighted by Crippen LogP contribution is 2.29. The number of likely N-dealkylation sites (tertiary alicyclic amines) is 1. The Hall–Kier alpha value is -4.46. The number of piperidine rings is 1. The molecule has 2 fully saturated rings. The monoisotopic (exact) mass is 552 g/mol. The second-order valence-corrected chi connectivity index (χ2v) is 11.0. The van der Waals surface area contributed by atoms with Gasteiger partial charge in [-0.2, -0.15) is 0 Å². The van der Waals surface area contributed by atoms with E-state index in [1.807, 2.05) is 62.4 Å². The molecule has 1 unspecified atom stereocenters. The number of carbonyl (C=O) groups is 4. The molecule has 41 heavy (non-hydrogen) atoms. The molecule has 2 aliphatic heterocycles. The predicted molar refractivity (Wildman–Crippen MR) is 158 cm³/mol. The van der Waals surface area contributed by atoms with Crippen molar-refractivity contribution < 1.29 is 19.2 Å². The van der Waals surface area contributed by atoms with Crippen molar-refractivity contribution >= 4 is 35.0 Å². The van der Waals surface area contributed by atoms with Crippen LogP contribution in [0.4, 0.5) is 11.4 Å². The zero-order valence-corrected chi connectivity index (χ0v) is 23.6. The number of nitrogens with one attached hydrogen (secondary N) is 2. The van der Waals surface area contributed by atoms with Crippen molar-refractivity contribution in [2.75, 3.05) is 29.9 Å². The fourth-order valence-corrected chi connectivity index (χ4v) is 5.48. The lowest BCUT2D eigenvalue weighted by Gasteiger charge is -2.33. The second-order valence-electron chi connectivity index (χ2n) is 11.0. The summed E-state index contributed by atoms with van der Waals surface area (Å²) in [5.74, 6) is -1.12. The number of hydrogen-bond acceptors (Lipinski definition) is 4. The summed E-state index contributed by atoms with van der Waals surface area (Å²) in [5, 5.41) is 5.88. The first kappa shape index (κ1) is 28.1. The summed E-state index contributed by atoms with van der Waals surface area (Å²) < 4.78 is 0. The van der Waals surface area contributed by atoms with Crippen LogP contribution in [0.15, 0.2) is 72.8 Å². The summed E-state index contributed by atoms with van der Waals surface area (Å²) in [6.45, 7) is 5.71. The maximum absolute atomic E-state index is 13.2. The van der Waals surface area contributed by atoms with Crippen molar-refractivity contribution in [3.63, 3.8) is 0 Å². The topological polar surface area (TPSA) is 98.8 Å². The highest BCUT2D eigenvalue weighted by Gasteiger charge is 2.38. The van der Waals surface area contributed by atoms with Gasteiger partial charge in [-0.3, -0.25) is 19.2 Å². The molecule has 3 aromatic carbocycles. The molecule has 0 aromatic heterocycles. The number of rotatable bonds is 7. The highest BCUT2D eigenvalue weighted by molar-refractivity contribution is 6.04. The van der Waals surface area contributed by atoms with Gasteiger partial charge in [-0.25, -0.2) is 0 Å². The van der Waals surface area contributed by atoms with E-state index in [2.05, 4.69) is 10.6 Å². The van der Waals surface area contributed by atoms with E-state index < -0.39 is 0 Å². The highest BCUT2D eigenvalue weighted by atomic mass is 16.2. The number of para-hydroxylation sites is 1. The van der Waals surface area contributed by atoms with Crippen LogP contribution in [-0.2, 0) is 20.9 Å². The molecule has 2 N–H and O–H groups in total. The van der Waals surface area contributed by atoms with Crippen molar-refractivity contribution in [3.8, 4) is 0 Å². The molecule has 8 nitrogen and oxygen atoms in total. The van der Waals surface area contributed by atoms with Gasteiger partial charge in [-0.1, -0.05) is 59.7 Å². The largest absolute Gasteiger partial charge is 0.348 e. The first-order valence-electron chi connectivity index (χ1n) is 14.2. The fourth-order valence-electron chi connectivity index (χ4n) is 5.48. The first-order valence-corrected chi connectivity index (χ1v) is 14.2. The predicted octanol–water partition coefficient (Wildman–Crippen LogP) is 4.46. The molecule has 1 atom stereocenters. The Bertz CT molecular complexity index is 1430. The van der Waals surface area contributed by atoms with Gasteiger partial charge in [0, 0.05) is 44.2 Å². The standard InChI is InChI=1S/C33H36N4O4/c1-22-7-11-24(12-8-22)20-34-32(40)28-5-3-4-6-29(28)35-31(39)25-15-17-36(18-16-25)33(41)26-19-30(38)37(21-26)27-13-9-23(2)10-14-27/h3-14,25-26H,15-21H2,1-2H3,(H,34,40)(H,35,39). The number of hydrogen-bond donors (Lipinski definition) is 2. The van der Waals surface area contributed by atoms with E-state index in [4.69, 9.17) is 0 Å². The molecule has 4 amide bonds. The van der Waals surface area contributed by atoms with Crippen LogP contribution in [0.25, 0.3) is 0 Å². The molecule has 5 rings (SSSR count). The minimum absolute atomic E-state index is 0.0255. The molecule has 0 aliphatic carbocycles. The van der Waals surface area contributed by atoms with Gasteiger partial charge >= 0.3 is 0 Å². The van der Waals surface area contributed by atoms with Gasteiger partial charge in [0.1, 0.15) is 0 Å². The van der Waals surface area contributed by atoms with E-state index in [0.29, 0.717) is 50.3 Å². The Morgan fingerprint density at radius 1 is 0.829 bits per heavy atom. The minimum atomic E-state index is -0.375.